The predicted octanol–water partition coefficient (Wildman–Crippen LogP) is 3.16. The lowest BCUT2D eigenvalue weighted by atomic mass is 9.95. The van der Waals surface area contributed by atoms with Crippen molar-refractivity contribution in [3.05, 3.63) is 42.2 Å². The van der Waals surface area contributed by atoms with Crippen molar-refractivity contribution in [1.82, 2.24) is 15.2 Å². The fourth-order valence-electron chi connectivity index (χ4n) is 3.62. The Morgan fingerprint density at radius 1 is 1.27 bits per heavy atom. The summed E-state index contributed by atoms with van der Waals surface area (Å²) < 4.78 is 0. The molecule has 0 aromatic carbocycles. The molecule has 0 radical (unpaired) electrons. The second-order valence-corrected chi connectivity index (χ2v) is 8.19. The number of hydrogen-bond acceptors (Lipinski definition) is 4. The molecular weight excluding hydrogens is 382 g/mol. The second-order valence-electron chi connectivity index (χ2n) is 8.19. The normalized spacial score (nSPS) is 21.9. The number of aromatic nitrogens is 1. The van der Waals surface area contributed by atoms with E-state index < -0.39 is 17.9 Å². The van der Waals surface area contributed by atoms with E-state index in [2.05, 4.69) is 22.5 Å². The Balaban J connectivity index is 2.26. The van der Waals surface area contributed by atoms with Crippen molar-refractivity contribution in [3.8, 4) is 0 Å². The number of carboxylic acid groups (broad SMARTS) is 1. The molecule has 2 N–H and O–H groups in total. The van der Waals surface area contributed by atoms with E-state index in [0.29, 0.717) is 19.5 Å². The van der Waals surface area contributed by atoms with Crippen molar-refractivity contribution in [1.29, 1.82) is 0 Å². The Morgan fingerprint density at radius 3 is 2.63 bits per heavy atom. The zero-order valence-electron chi connectivity index (χ0n) is 17.9. The van der Waals surface area contributed by atoms with Crippen molar-refractivity contribution in [3.63, 3.8) is 0 Å². The first-order chi connectivity index (χ1) is 14.4. The molecule has 164 valence electrons. The number of carboxylic acids is 1. The van der Waals surface area contributed by atoms with Crippen molar-refractivity contribution in [2.24, 2.45) is 11.8 Å². The average molecular weight is 416 g/mol. The first kappa shape index (κ1) is 23.6. The molecule has 30 heavy (non-hydrogen) atoms. The quantitative estimate of drug-likeness (QED) is 0.720. The molecule has 0 unspecified atom stereocenters. The number of pyridine rings is 1. The van der Waals surface area contributed by atoms with Crippen molar-refractivity contribution >= 4 is 17.8 Å². The molecular formula is C23H33N3O4. The first-order valence-corrected chi connectivity index (χ1v) is 10.7. The van der Waals surface area contributed by atoms with Gasteiger partial charge in [0.15, 0.2) is 0 Å². The molecule has 0 saturated carbocycles. The lowest BCUT2D eigenvalue weighted by Crippen LogP contribution is -2.52. The highest BCUT2D eigenvalue weighted by Crippen LogP contribution is 2.18. The van der Waals surface area contributed by atoms with Gasteiger partial charge in [0, 0.05) is 31.4 Å². The Morgan fingerprint density at radius 2 is 2.00 bits per heavy atom. The number of allylic oxidation sites excluding steroid dienone is 2. The van der Waals surface area contributed by atoms with Gasteiger partial charge in [0.1, 0.15) is 6.04 Å². The van der Waals surface area contributed by atoms with Gasteiger partial charge < -0.3 is 15.3 Å². The number of nitrogens with zero attached hydrogens (tertiary/aromatic N) is 2. The molecule has 0 bridgehead atoms. The van der Waals surface area contributed by atoms with Crippen LogP contribution in [0.3, 0.4) is 0 Å². The third-order valence-electron chi connectivity index (χ3n) is 5.32. The van der Waals surface area contributed by atoms with Crippen LogP contribution in [-0.4, -0.2) is 45.4 Å². The van der Waals surface area contributed by atoms with Gasteiger partial charge in [-0.3, -0.25) is 19.4 Å². The van der Waals surface area contributed by atoms with Crippen LogP contribution in [0.4, 0.5) is 0 Å². The molecule has 2 atom stereocenters. The Labute approximate surface area is 178 Å². The minimum Gasteiger partial charge on any atom is -0.481 e. The Hall–Kier alpha value is -2.70. The molecule has 0 spiro atoms. The third kappa shape index (κ3) is 7.61. The topological polar surface area (TPSA) is 99.6 Å². The van der Waals surface area contributed by atoms with Crippen LogP contribution in [0.1, 0.15) is 57.9 Å². The van der Waals surface area contributed by atoms with Crippen molar-refractivity contribution in [2.75, 3.05) is 6.54 Å². The molecule has 1 aliphatic rings. The molecule has 0 aliphatic carbocycles. The van der Waals surface area contributed by atoms with Gasteiger partial charge in [-0.25, -0.2) is 0 Å². The Bertz CT molecular complexity index is 733. The SMILES string of the molecule is CC(C)[C@@H]1NC(=O)[C@@H](CC(=O)O)CCCC=CCCCN(Cc2cccnc2)C1=O. The second kappa shape index (κ2) is 12.1. The highest BCUT2D eigenvalue weighted by molar-refractivity contribution is 5.90. The lowest BCUT2D eigenvalue weighted by molar-refractivity contribution is -0.143. The maximum atomic E-state index is 13.4. The smallest absolute Gasteiger partial charge is 0.304 e. The minimum atomic E-state index is -1.00. The van der Waals surface area contributed by atoms with Crippen LogP contribution < -0.4 is 5.32 Å². The van der Waals surface area contributed by atoms with Gasteiger partial charge in [-0.05, 0) is 49.7 Å². The van der Waals surface area contributed by atoms with E-state index >= 15 is 0 Å². The highest BCUT2D eigenvalue weighted by Gasteiger charge is 2.31. The van der Waals surface area contributed by atoms with Gasteiger partial charge in [0.05, 0.1) is 6.42 Å². The summed E-state index contributed by atoms with van der Waals surface area (Å²) >= 11 is 0. The van der Waals surface area contributed by atoms with Gasteiger partial charge in [0.2, 0.25) is 11.8 Å². The van der Waals surface area contributed by atoms with E-state index in [1.807, 2.05) is 26.0 Å². The van der Waals surface area contributed by atoms with E-state index in [4.69, 9.17) is 0 Å². The molecule has 2 amide bonds. The molecule has 0 fully saturated rings. The van der Waals surface area contributed by atoms with E-state index in [-0.39, 0.29) is 24.2 Å². The highest BCUT2D eigenvalue weighted by atomic mass is 16.4. The molecule has 0 saturated heterocycles. The van der Waals surface area contributed by atoms with Gasteiger partial charge in [0.25, 0.3) is 0 Å². The lowest BCUT2D eigenvalue weighted by Gasteiger charge is -2.31. The summed E-state index contributed by atoms with van der Waals surface area (Å²) in [6, 6.07) is 3.08. The largest absolute Gasteiger partial charge is 0.481 e. The van der Waals surface area contributed by atoms with Crippen LogP contribution in [0, 0.1) is 11.8 Å². The maximum Gasteiger partial charge on any atom is 0.304 e. The molecule has 7 nitrogen and oxygen atoms in total. The summed E-state index contributed by atoms with van der Waals surface area (Å²) in [5, 5.41) is 12.1. The zero-order chi connectivity index (χ0) is 21.9. The standard InChI is InChI=1S/C23H33N3O4/c1-17(2)21-23(30)26(16-18-10-9-12-24-15-18)13-8-6-4-3-5-7-11-19(14-20(27)28)22(29)25-21/h3-4,9-10,12,15,17,19,21H,5-8,11,13-14,16H2,1-2H3,(H,25,29)(H,27,28)/t19-,21+/m1/s1. The van der Waals surface area contributed by atoms with Gasteiger partial charge in [-0.15, -0.1) is 0 Å². The van der Waals surface area contributed by atoms with Crippen LogP contribution in [0.5, 0.6) is 0 Å². The van der Waals surface area contributed by atoms with Crippen LogP contribution in [0.25, 0.3) is 0 Å². The number of aliphatic carboxylic acids is 1. The van der Waals surface area contributed by atoms with E-state index in [0.717, 1.165) is 31.2 Å². The zero-order valence-corrected chi connectivity index (χ0v) is 17.9. The van der Waals surface area contributed by atoms with Crippen molar-refractivity contribution in [2.45, 2.75) is 65.0 Å². The summed E-state index contributed by atoms with van der Waals surface area (Å²) in [7, 11) is 0. The number of hydrogen-bond donors (Lipinski definition) is 2. The number of carbonyl (C=O) groups is 3. The van der Waals surface area contributed by atoms with E-state index in [1.165, 1.54) is 0 Å². The summed E-state index contributed by atoms with van der Waals surface area (Å²) in [4.78, 5) is 43.4. The van der Waals surface area contributed by atoms with Gasteiger partial charge >= 0.3 is 5.97 Å². The van der Waals surface area contributed by atoms with E-state index in [1.54, 1.807) is 17.3 Å². The fourth-order valence-corrected chi connectivity index (χ4v) is 3.62. The van der Waals surface area contributed by atoms with Crippen molar-refractivity contribution < 1.29 is 19.5 Å². The van der Waals surface area contributed by atoms with Crippen LogP contribution in [0.2, 0.25) is 0 Å². The molecule has 1 aliphatic heterocycles. The third-order valence-corrected chi connectivity index (χ3v) is 5.32. The molecule has 2 rings (SSSR count). The number of rotatable bonds is 5. The van der Waals surface area contributed by atoms with Crippen LogP contribution >= 0.6 is 0 Å². The first-order valence-electron chi connectivity index (χ1n) is 10.7. The van der Waals surface area contributed by atoms with Crippen LogP contribution in [0.15, 0.2) is 36.7 Å². The molecule has 1 aromatic heterocycles. The minimum absolute atomic E-state index is 0.115. The maximum absolute atomic E-state index is 13.4. The van der Waals surface area contributed by atoms with Gasteiger partial charge in [-0.2, -0.15) is 0 Å². The summed E-state index contributed by atoms with van der Waals surface area (Å²) in [6.07, 6.45) is 11.1. The molecule has 1 aromatic rings. The monoisotopic (exact) mass is 415 g/mol. The summed E-state index contributed by atoms with van der Waals surface area (Å²) in [5.41, 5.74) is 0.931. The summed E-state index contributed by atoms with van der Waals surface area (Å²) in [5.74, 6) is -2.25. The average Bonchev–Trinajstić information content (AvgIpc) is 2.71. The molecule has 2 heterocycles. The number of amides is 2. The molecule has 7 heteroatoms. The predicted molar refractivity (Wildman–Crippen MR) is 114 cm³/mol. The summed E-state index contributed by atoms with van der Waals surface area (Å²) in [6.45, 7) is 4.79. The van der Waals surface area contributed by atoms with E-state index in [9.17, 15) is 19.5 Å². The van der Waals surface area contributed by atoms with Crippen LogP contribution in [-0.2, 0) is 20.9 Å². The fraction of sp³-hybridized carbons (Fsp3) is 0.565. The number of nitrogens with one attached hydrogen (secondary N) is 1. The Kier molecular flexibility index (Phi) is 9.51. The van der Waals surface area contributed by atoms with Gasteiger partial charge in [-0.1, -0.05) is 32.1 Å². The number of carbonyl (C=O) groups excluding carboxylic acids is 2.